The molecule has 0 saturated carbocycles. The zero-order chi connectivity index (χ0) is 37.7. The van der Waals surface area contributed by atoms with Crippen molar-refractivity contribution in [2.75, 3.05) is 0 Å². The van der Waals surface area contributed by atoms with Gasteiger partial charge in [0.1, 0.15) is 11.2 Å². The van der Waals surface area contributed by atoms with E-state index in [-0.39, 0.29) is 0 Å². The Morgan fingerprint density at radius 1 is 0.368 bits per heavy atom. The summed E-state index contributed by atoms with van der Waals surface area (Å²) >= 11 is 0. The minimum Gasteiger partial charge on any atom is -0.455 e. The lowest BCUT2D eigenvalue weighted by atomic mass is 9.87. The standard InChI is InChI=1S/C56H38O/c1-5-15-37(16-6-1)43-31-44(38-17-7-2-8-18-38)34-47(33-43)49-29-27-41-23-13-25-51-52-26-14-24-42-28-30-50(56(54(42)52)57-55(49)53(41)51)48-35-45(39-19-9-3-10-20-39)32-46(36-48)40-21-11-4-12-22-40/h1-21,23-36,40H,22H2. The van der Waals surface area contributed by atoms with Crippen molar-refractivity contribution in [3.05, 3.63) is 218 Å². The van der Waals surface area contributed by atoms with Gasteiger partial charge in [-0.3, -0.25) is 0 Å². The van der Waals surface area contributed by atoms with Crippen LogP contribution >= 0.6 is 0 Å². The zero-order valence-corrected chi connectivity index (χ0v) is 31.4. The second-order valence-corrected chi connectivity index (χ2v) is 15.2. The smallest absolute Gasteiger partial charge is 0.143 e. The Hall–Kier alpha value is -7.22. The maximum atomic E-state index is 7.61. The van der Waals surface area contributed by atoms with Crippen molar-refractivity contribution >= 4 is 43.5 Å². The van der Waals surface area contributed by atoms with E-state index in [1.165, 1.54) is 49.7 Å². The average Bonchev–Trinajstić information content (AvgIpc) is 3.44. The number of hydrogen-bond donors (Lipinski definition) is 0. The Labute approximate surface area is 332 Å². The van der Waals surface area contributed by atoms with Gasteiger partial charge in [0.25, 0.3) is 0 Å². The van der Waals surface area contributed by atoms with Gasteiger partial charge < -0.3 is 4.42 Å². The monoisotopic (exact) mass is 726 g/mol. The van der Waals surface area contributed by atoms with Gasteiger partial charge in [-0.1, -0.05) is 176 Å². The van der Waals surface area contributed by atoms with Crippen LogP contribution in [-0.2, 0) is 0 Å². The van der Waals surface area contributed by atoms with E-state index in [1.807, 2.05) is 0 Å². The van der Waals surface area contributed by atoms with Crippen LogP contribution in [0.4, 0.5) is 0 Å². The molecule has 0 bridgehead atoms. The third-order valence-corrected chi connectivity index (χ3v) is 11.7. The Morgan fingerprint density at radius 2 is 0.825 bits per heavy atom. The summed E-state index contributed by atoms with van der Waals surface area (Å²) in [4.78, 5) is 0. The highest BCUT2D eigenvalue weighted by atomic mass is 16.3. The maximum absolute atomic E-state index is 7.61. The lowest BCUT2D eigenvalue weighted by Gasteiger charge is -2.18. The molecular formula is C56H38O. The van der Waals surface area contributed by atoms with E-state index in [9.17, 15) is 0 Å². The number of rotatable bonds is 6. The fourth-order valence-corrected chi connectivity index (χ4v) is 8.93. The normalized spacial score (nSPS) is 13.9. The molecule has 0 aliphatic heterocycles. The quantitative estimate of drug-likeness (QED) is 0.166. The van der Waals surface area contributed by atoms with Crippen LogP contribution < -0.4 is 0 Å². The highest BCUT2D eigenvalue weighted by Crippen LogP contribution is 2.45. The first-order chi connectivity index (χ1) is 28.2. The Balaban J connectivity index is 1.24. The molecular weight excluding hydrogens is 689 g/mol. The van der Waals surface area contributed by atoms with Gasteiger partial charge in [0.15, 0.2) is 0 Å². The largest absolute Gasteiger partial charge is 0.455 e. The molecule has 1 heterocycles. The highest BCUT2D eigenvalue weighted by Gasteiger charge is 2.20. The fraction of sp³-hybridized carbons (Fsp3) is 0.0357. The third kappa shape index (κ3) is 5.88. The maximum Gasteiger partial charge on any atom is 0.143 e. The molecule has 1 atom stereocenters. The number of allylic oxidation sites excluding steroid dienone is 4. The van der Waals surface area contributed by atoms with Crippen LogP contribution in [0.2, 0.25) is 0 Å². The number of hydrogen-bond acceptors (Lipinski definition) is 1. The molecule has 9 aromatic carbocycles. The summed E-state index contributed by atoms with van der Waals surface area (Å²) in [6.07, 6.45) is 9.91. The predicted molar refractivity (Wildman–Crippen MR) is 242 cm³/mol. The van der Waals surface area contributed by atoms with E-state index in [1.54, 1.807) is 0 Å². The molecule has 0 fully saturated rings. The fourth-order valence-electron chi connectivity index (χ4n) is 8.93. The second kappa shape index (κ2) is 13.8. The lowest BCUT2D eigenvalue weighted by molar-refractivity contribution is 0.666. The molecule has 11 rings (SSSR count). The van der Waals surface area contributed by atoms with E-state index in [0.717, 1.165) is 61.4 Å². The van der Waals surface area contributed by atoms with E-state index in [4.69, 9.17) is 4.42 Å². The average molecular weight is 727 g/mol. The summed E-state index contributed by atoms with van der Waals surface area (Å²) in [5.74, 6) is 0.300. The van der Waals surface area contributed by atoms with Crippen molar-refractivity contribution in [1.82, 2.24) is 0 Å². The zero-order valence-electron chi connectivity index (χ0n) is 31.4. The summed E-state index contributed by atoms with van der Waals surface area (Å²) in [7, 11) is 0. The minimum absolute atomic E-state index is 0.300. The van der Waals surface area contributed by atoms with Gasteiger partial charge in [0.2, 0.25) is 0 Å². The molecule has 1 aliphatic rings. The molecule has 0 N–H and O–H groups in total. The summed E-state index contributed by atoms with van der Waals surface area (Å²) in [5.41, 5.74) is 14.6. The Bertz CT molecular complexity index is 3130. The molecule has 0 saturated heterocycles. The van der Waals surface area contributed by atoms with E-state index in [2.05, 4.69) is 212 Å². The van der Waals surface area contributed by atoms with E-state index in [0.29, 0.717) is 5.92 Å². The molecule has 10 aromatic rings. The highest BCUT2D eigenvalue weighted by molar-refractivity contribution is 6.26. The molecule has 268 valence electrons. The van der Waals surface area contributed by atoms with E-state index < -0.39 is 0 Å². The van der Waals surface area contributed by atoms with Crippen LogP contribution in [0.5, 0.6) is 0 Å². The third-order valence-electron chi connectivity index (χ3n) is 11.7. The number of fused-ring (bicyclic) bond motifs is 1. The SMILES string of the molecule is C1=CCC(c2cc(-c3ccccc3)cc(-c3ccc4cccc5c6cccc7ccc(-c8cc(-c9ccccc9)cc(-c9ccccc9)c8)c(oc3c45)c76)c2)C=C1. The minimum atomic E-state index is 0.300. The predicted octanol–water partition coefficient (Wildman–Crippen LogP) is 15.8. The Morgan fingerprint density at radius 3 is 1.32 bits per heavy atom. The van der Waals surface area contributed by atoms with Crippen molar-refractivity contribution < 1.29 is 4.42 Å². The van der Waals surface area contributed by atoms with Crippen LogP contribution in [0, 0.1) is 0 Å². The van der Waals surface area contributed by atoms with Crippen LogP contribution in [0.1, 0.15) is 17.9 Å². The van der Waals surface area contributed by atoms with Crippen LogP contribution in [0.25, 0.3) is 99.1 Å². The first kappa shape index (κ1) is 33.1. The van der Waals surface area contributed by atoms with Gasteiger partial charge in [-0.15, -0.1) is 0 Å². The van der Waals surface area contributed by atoms with Crippen molar-refractivity contribution in [1.29, 1.82) is 0 Å². The summed E-state index contributed by atoms with van der Waals surface area (Å²) in [5, 5.41) is 6.97. The van der Waals surface area contributed by atoms with Crippen LogP contribution in [0.15, 0.2) is 217 Å². The first-order valence-corrected chi connectivity index (χ1v) is 19.9. The van der Waals surface area contributed by atoms with Crippen LogP contribution in [0.3, 0.4) is 0 Å². The van der Waals surface area contributed by atoms with Gasteiger partial charge in [-0.05, 0) is 114 Å². The van der Waals surface area contributed by atoms with Crippen molar-refractivity contribution in [3.8, 4) is 55.6 Å². The molecule has 1 aliphatic carbocycles. The summed E-state index contributed by atoms with van der Waals surface area (Å²) in [6, 6.07) is 68.6. The Kier molecular flexibility index (Phi) is 8.03. The molecule has 0 amide bonds. The van der Waals surface area contributed by atoms with Gasteiger partial charge >= 0.3 is 0 Å². The summed E-state index contributed by atoms with van der Waals surface area (Å²) in [6.45, 7) is 0. The molecule has 1 aromatic heterocycles. The van der Waals surface area contributed by atoms with E-state index >= 15 is 0 Å². The molecule has 57 heavy (non-hydrogen) atoms. The molecule has 1 unspecified atom stereocenters. The number of benzene rings is 9. The van der Waals surface area contributed by atoms with Crippen LogP contribution in [-0.4, -0.2) is 0 Å². The van der Waals surface area contributed by atoms with Gasteiger partial charge in [-0.2, -0.15) is 0 Å². The molecule has 0 spiro atoms. The molecule has 1 heteroatoms. The first-order valence-electron chi connectivity index (χ1n) is 19.9. The molecule has 1 nitrogen and oxygen atoms in total. The lowest BCUT2D eigenvalue weighted by Crippen LogP contribution is -1.98. The van der Waals surface area contributed by atoms with Crippen molar-refractivity contribution in [2.24, 2.45) is 0 Å². The second-order valence-electron chi connectivity index (χ2n) is 15.2. The van der Waals surface area contributed by atoms with Gasteiger partial charge in [0, 0.05) is 27.8 Å². The van der Waals surface area contributed by atoms with Gasteiger partial charge in [-0.25, -0.2) is 0 Å². The summed E-state index contributed by atoms with van der Waals surface area (Å²) < 4.78 is 7.61. The van der Waals surface area contributed by atoms with Crippen molar-refractivity contribution in [3.63, 3.8) is 0 Å². The topological polar surface area (TPSA) is 13.1 Å². The molecule has 0 radical (unpaired) electrons. The van der Waals surface area contributed by atoms with Crippen molar-refractivity contribution in [2.45, 2.75) is 12.3 Å². The van der Waals surface area contributed by atoms with Gasteiger partial charge in [0.05, 0.1) is 0 Å².